The van der Waals surface area contributed by atoms with Gasteiger partial charge in [-0.2, -0.15) is 0 Å². The molecule has 0 radical (unpaired) electrons. The van der Waals surface area contributed by atoms with Gasteiger partial charge in [-0.15, -0.1) is 20.2 Å². The molecule has 17 heavy (non-hydrogen) atoms. The van der Waals surface area contributed by atoms with Crippen LogP contribution < -0.4 is 9.68 Å². The molecule has 0 heterocycles. The predicted molar refractivity (Wildman–Crippen MR) is 48.6 cm³/mol. The van der Waals surface area contributed by atoms with E-state index in [1.807, 2.05) is 0 Å². The van der Waals surface area contributed by atoms with Crippen molar-refractivity contribution in [2.24, 2.45) is 0 Å². The highest BCUT2D eigenvalue weighted by atomic mass is 17.0. The second kappa shape index (κ2) is 4.74. The largest absolute Gasteiger partial charge is 0.478 e. The Morgan fingerprint density at radius 1 is 1.18 bits per heavy atom. The number of carboxylic acids is 1. The molecule has 90 valence electrons. The number of nitrogens with zero attached hydrogens (tertiary/aromatic N) is 2. The smallest absolute Gasteiger partial charge is 0.338 e. The van der Waals surface area contributed by atoms with Gasteiger partial charge in [0, 0.05) is 0 Å². The van der Waals surface area contributed by atoms with Crippen molar-refractivity contribution in [1.29, 1.82) is 0 Å². The van der Waals surface area contributed by atoms with Crippen molar-refractivity contribution in [3.63, 3.8) is 0 Å². The lowest BCUT2D eigenvalue weighted by Gasteiger charge is -2.07. The number of para-hydroxylation sites is 1. The summed E-state index contributed by atoms with van der Waals surface area (Å²) in [5, 5.41) is 26.4. The van der Waals surface area contributed by atoms with E-state index in [1.165, 1.54) is 0 Å². The van der Waals surface area contributed by atoms with E-state index in [0.717, 1.165) is 18.2 Å². The minimum absolute atomic E-state index is 0.624. The van der Waals surface area contributed by atoms with Gasteiger partial charge in [0.1, 0.15) is 0 Å². The Morgan fingerprint density at radius 2 is 1.76 bits per heavy atom. The third-order valence-electron chi connectivity index (χ3n) is 1.55. The van der Waals surface area contributed by atoms with E-state index in [2.05, 4.69) is 9.68 Å². The highest BCUT2D eigenvalue weighted by Gasteiger charge is 2.19. The molecule has 0 saturated carbocycles. The maximum absolute atomic E-state index is 10.7. The van der Waals surface area contributed by atoms with Gasteiger partial charge in [-0.25, -0.2) is 4.79 Å². The van der Waals surface area contributed by atoms with E-state index in [0.29, 0.717) is 0 Å². The zero-order valence-electron chi connectivity index (χ0n) is 7.93. The Kier molecular flexibility index (Phi) is 3.39. The summed E-state index contributed by atoms with van der Waals surface area (Å²) in [6.45, 7) is 0. The fourth-order valence-corrected chi connectivity index (χ4v) is 1.01. The molecule has 1 aromatic carbocycles. The molecule has 0 bridgehead atoms. The molecule has 0 aliphatic rings. The van der Waals surface area contributed by atoms with Crippen molar-refractivity contribution in [2.45, 2.75) is 0 Å². The van der Waals surface area contributed by atoms with E-state index in [1.54, 1.807) is 0 Å². The average Bonchev–Trinajstić information content (AvgIpc) is 2.18. The predicted octanol–water partition coefficient (Wildman–Crippen LogP) is 0.526. The van der Waals surface area contributed by atoms with Gasteiger partial charge in [0.25, 0.3) is 10.2 Å². The highest BCUT2D eigenvalue weighted by Crippen LogP contribution is 2.31. The molecule has 1 aromatic rings. The van der Waals surface area contributed by atoms with E-state index in [9.17, 15) is 25.0 Å². The summed E-state index contributed by atoms with van der Waals surface area (Å²) < 4.78 is 0. The third-order valence-corrected chi connectivity index (χ3v) is 1.55. The lowest BCUT2D eigenvalue weighted by atomic mass is 10.2. The van der Waals surface area contributed by atoms with Crippen LogP contribution in [-0.4, -0.2) is 21.2 Å². The summed E-state index contributed by atoms with van der Waals surface area (Å²) in [7, 11) is 0. The number of benzene rings is 1. The van der Waals surface area contributed by atoms with Gasteiger partial charge < -0.3 is 5.11 Å². The third kappa shape index (κ3) is 3.02. The quantitative estimate of drug-likeness (QED) is 0.583. The Balaban J connectivity index is 3.28. The summed E-state index contributed by atoms with van der Waals surface area (Å²) in [6.07, 6.45) is 0. The van der Waals surface area contributed by atoms with Gasteiger partial charge in [-0.3, -0.25) is 9.68 Å². The van der Waals surface area contributed by atoms with E-state index < -0.39 is 33.2 Å². The Morgan fingerprint density at radius 3 is 2.24 bits per heavy atom. The summed E-state index contributed by atoms with van der Waals surface area (Å²) >= 11 is 0. The first-order valence-electron chi connectivity index (χ1n) is 3.93. The Hall–Kier alpha value is -2.91. The van der Waals surface area contributed by atoms with E-state index >= 15 is 0 Å². The van der Waals surface area contributed by atoms with Crippen LogP contribution in [0.2, 0.25) is 0 Å². The first-order chi connectivity index (χ1) is 7.91. The number of aromatic carboxylic acids is 1. The Labute approximate surface area is 92.2 Å². The van der Waals surface area contributed by atoms with E-state index in [4.69, 9.17) is 5.11 Å². The summed E-state index contributed by atoms with van der Waals surface area (Å²) in [4.78, 5) is 38.9. The van der Waals surface area contributed by atoms with Crippen LogP contribution in [0.15, 0.2) is 18.2 Å². The van der Waals surface area contributed by atoms with Gasteiger partial charge in [-0.1, -0.05) is 6.07 Å². The molecule has 0 unspecified atom stereocenters. The maximum Gasteiger partial charge on any atom is 0.338 e. The summed E-state index contributed by atoms with van der Waals surface area (Å²) in [5.41, 5.74) is -0.624. The molecule has 0 aliphatic heterocycles. The van der Waals surface area contributed by atoms with Crippen LogP contribution in [0.5, 0.6) is 11.5 Å². The zero-order valence-corrected chi connectivity index (χ0v) is 7.93. The van der Waals surface area contributed by atoms with Crippen molar-refractivity contribution < 1.29 is 29.7 Å². The number of hydrogen-bond acceptors (Lipinski definition) is 7. The van der Waals surface area contributed by atoms with Crippen LogP contribution in [0.4, 0.5) is 0 Å². The normalized spacial score (nSPS) is 9.41. The number of rotatable bonds is 5. The monoisotopic (exact) mass is 244 g/mol. The molecule has 0 aliphatic carbocycles. The molecule has 0 saturated heterocycles. The van der Waals surface area contributed by atoms with Crippen LogP contribution in [-0.2, 0) is 0 Å². The van der Waals surface area contributed by atoms with Crippen LogP contribution in [0, 0.1) is 20.2 Å². The fraction of sp³-hybridized carbons (Fsp3) is 0. The summed E-state index contributed by atoms with van der Waals surface area (Å²) in [6, 6.07) is 3.07. The number of carbonyl (C=O) groups is 1. The molecule has 0 atom stereocenters. The summed E-state index contributed by atoms with van der Waals surface area (Å²) in [5.74, 6) is -3.07. The zero-order chi connectivity index (χ0) is 13.0. The molecule has 10 nitrogen and oxygen atoms in total. The molecule has 0 fully saturated rings. The molecule has 0 aromatic heterocycles. The molecule has 10 heteroatoms. The van der Waals surface area contributed by atoms with Gasteiger partial charge in [0.15, 0.2) is 11.5 Å². The minimum Gasteiger partial charge on any atom is -0.478 e. The maximum atomic E-state index is 10.7. The molecule has 1 rings (SSSR count). The molecule has 0 amide bonds. The van der Waals surface area contributed by atoms with E-state index in [-0.39, 0.29) is 0 Å². The highest BCUT2D eigenvalue weighted by molar-refractivity contribution is 5.91. The number of carboxylic acid groups (broad SMARTS) is 1. The van der Waals surface area contributed by atoms with Gasteiger partial charge >= 0.3 is 5.97 Å². The van der Waals surface area contributed by atoms with Crippen molar-refractivity contribution in [1.82, 2.24) is 0 Å². The standard InChI is InChI=1S/C7H4N2O8/c10-7(11)4-2-1-3-5(16-8(12)13)6(4)17-9(14)15/h1-3H,(H,10,11). The molecular formula is C7H4N2O8. The van der Waals surface area contributed by atoms with Crippen molar-refractivity contribution in [3.05, 3.63) is 44.0 Å². The van der Waals surface area contributed by atoms with Crippen LogP contribution in [0.3, 0.4) is 0 Å². The van der Waals surface area contributed by atoms with Gasteiger partial charge in [0.2, 0.25) is 0 Å². The lowest BCUT2D eigenvalue weighted by Crippen LogP contribution is -2.12. The Bertz CT molecular complexity index is 485. The first-order valence-corrected chi connectivity index (χ1v) is 3.93. The number of hydrogen-bond donors (Lipinski definition) is 1. The SMILES string of the molecule is O=C(O)c1cccc(O[N+](=O)[O-])c1O[N+](=O)[O-]. The molecule has 0 spiro atoms. The van der Waals surface area contributed by atoms with Crippen LogP contribution in [0.1, 0.15) is 10.4 Å². The minimum atomic E-state index is -1.55. The van der Waals surface area contributed by atoms with Crippen molar-refractivity contribution >= 4 is 5.97 Å². The fourth-order valence-electron chi connectivity index (χ4n) is 1.01. The topological polar surface area (TPSA) is 142 Å². The second-order valence-corrected chi connectivity index (χ2v) is 2.57. The molecule has 1 N–H and O–H groups in total. The van der Waals surface area contributed by atoms with Gasteiger partial charge in [0.05, 0.1) is 5.56 Å². The second-order valence-electron chi connectivity index (χ2n) is 2.57. The molecular weight excluding hydrogens is 240 g/mol. The van der Waals surface area contributed by atoms with Gasteiger partial charge in [-0.05, 0) is 12.1 Å². The van der Waals surface area contributed by atoms with Crippen LogP contribution >= 0.6 is 0 Å². The van der Waals surface area contributed by atoms with Crippen molar-refractivity contribution in [2.75, 3.05) is 0 Å². The van der Waals surface area contributed by atoms with Crippen molar-refractivity contribution in [3.8, 4) is 11.5 Å². The average molecular weight is 244 g/mol. The lowest BCUT2D eigenvalue weighted by molar-refractivity contribution is -0.721. The van der Waals surface area contributed by atoms with Crippen LogP contribution in [0.25, 0.3) is 0 Å². The first kappa shape index (κ1) is 12.2.